The SMILES string of the molecule is CSc1ccccc1C1CCC1C. The Bertz CT molecular complexity index is 293. The number of hydrogen-bond donors (Lipinski definition) is 0. The number of rotatable bonds is 2. The van der Waals surface area contributed by atoms with Crippen LogP contribution in [-0.2, 0) is 0 Å². The van der Waals surface area contributed by atoms with Crippen LogP contribution in [0.25, 0.3) is 0 Å². The highest BCUT2D eigenvalue weighted by Gasteiger charge is 2.29. The van der Waals surface area contributed by atoms with Crippen LogP contribution in [0.5, 0.6) is 0 Å². The van der Waals surface area contributed by atoms with Crippen LogP contribution in [0.3, 0.4) is 0 Å². The highest BCUT2D eigenvalue weighted by Crippen LogP contribution is 2.44. The molecule has 1 aromatic carbocycles. The van der Waals surface area contributed by atoms with E-state index < -0.39 is 0 Å². The highest BCUT2D eigenvalue weighted by atomic mass is 32.2. The van der Waals surface area contributed by atoms with Crippen molar-refractivity contribution >= 4 is 11.8 Å². The molecule has 0 spiro atoms. The molecule has 0 nitrogen and oxygen atoms in total. The minimum atomic E-state index is 0.837. The van der Waals surface area contributed by atoms with Crippen molar-refractivity contribution in [3.63, 3.8) is 0 Å². The van der Waals surface area contributed by atoms with E-state index in [0.29, 0.717) is 0 Å². The third-order valence-electron chi connectivity index (χ3n) is 3.16. The zero-order valence-corrected chi connectivity index (χ0v) is 9.10. The largest absolute Gasteiger partial charge is 0.129 e. The minimum Gasteiger partial charge on any atom is -0.129 e. The molecule has 1 saturated carbocycles. The molecule has 0 N–H and O–H groups in total. The Kier molecular flexibility index (Phi) is 2.63. The van der Waals surface area contributed by atoms with Crippen LogP contribution in [0.2, 0.25) is 0 Å². The van der Waals surface area contributed by atoms with Gasteiger partial charge < -0.3 is 0 Å². The fraction of sp³-hybridized carbons (Fsp3) is 0.500. The predicted octanol–water partition coefficient (Wildman–Crippen LogP) is 3.92. The standard InChI is InChI=1S/C12H16S/c1-9-7-8-10(9)11-5-3-4-6-12(11)13-2/h3-6,9-10H,7-8H2,1-2H3. The molecular formula is C12H16S. The number of hydrogen-bond acceptors (Lipinski definition) is 1. The summed E-state index contributed by atoms with van der Waals surface area (Å²) in [5.41, 5.74) is 1.58. The zero-order valence-electron chi connectivity index (χ0n) is 8.29. The van der Waals surface area contributed by atoms with Crippen molar-refractivity contribution in [3.8, 4) is 0 Å². The Morgan fingerprint density at radius 3 is 2.54 bits per heavy atom. The molecule has 70 valence electrons. The van der Waals surface area contributed by atoms with E-state index in [0.717, 1.165) is 11.8 Å². The third kappa shape index (κ3) is 1.62. The summed E-state index contributed by atoms with van der Waals surface area (Å²) < 4.78 is 0. The summed E-state index contributed by atoms with van der Waals surface area (Å²) in [6, 6.07) is 8.84. The van der Waals surface area contributed by atoms with Crippen LogP contribution < -0.4 is 0 Å². The molecule has 1 aliphatic carbocycles. The molecule has 2 rings (SSSR count). The summed E-state index contributed by atoms with van der Waals surface area (Å²) in [6.45, 7) is 2.37. The summed E-state index contributed by atoms with van der Waals surface area (Å²) in [5, 5.41) is 0. The first kappa shape index (κ1) is 9.14. The van der Waals surface area contributed by atoms with Crippen LogP contribution in [0.1, 0.15) is 31.2 Å². The summed E-state index contributed by atoms with van der Waals surface area (Å²) in [6.07, 6.45) is 4.97. The molecule has 0 aliphatic heterocycles. The van der Waals surface area contributed by atoms with E-state index in [-0.39, 0.29) is 0 Å². The van der Waals surface area contributed by atoms with Crippen molar-refractivity contribution < 1.29 is 0 Å². The molecule has 1 aliphatic rings. The summed E-state index contributed by atoms with van der Waals surface area (Å²) in [4.78, 5) is 1.47. The Hall–Kier alpha value is -0.430. The van der Waals surface area contributed by atoms with E-state index in [1.54, 1.807) is 5.56 Å². The van der Waals surface area contributed by atoms with Crippen LogP contribution in [0.15, 0.2) is 29.2 Å². The first-order valence-electron chi connectivity index (χ1n) is 4.96. The van der Waals surface area contributed by atoms with Gasteiger partial charge in [-0.25, -0.2) is 0 Å². The second-order valence-corrected chi connectivity index (χ2v) is 4.75. The lowest BCUT2D eigenvalue weighted by Crippen LogP contribution is -2.21. The van der Waals surface area contributed by atoms with E-state index in [9.17, 15) is 0 Å². The first-order valence-corrected chi connectivity index (χ1v) is 6.18. The third-order valence-corrected chi connectivity index (χ3v) is 3.97. The maximum Gasteiger partial charge on any atom is 0.0104 e. The van der Waals surface area contributed by atoms with Crippen molar-refractivity contribution in [1.29, 1.82) is 0 Å². The van der Waals surface area contributed by atoms with Crippen molar-refractivity contribution in [2.75, 3.05) is 6.26 Å². The Morgan fingerprint density at radius 2 is 2.00 bits per heavy atom. The van der Waals surface area contributed by atoms with Crippen molar-refractivity contribution in [1.82, 2.24) is 0 Å². The molecule has 0 amide bonds. The molecule has 1 heteroatoms. The Balaban J connectivity index is 2.28. The second kappa shape index (κ2) is 3.75. The number of benzene rings is 1. The van der Waals surface area contributed by atoms with Crippen molar-refractivity contribution in [2.45, 2.75) is 30.6 Å². The fourth-order valence-electron chi connectivity index (χ4n) is 2.10. The van der Waals surface area contributed by atoms with Gasteiger partial charge in [0.25, 0.3) is 0 Å². The summed E-state index contributed by atoms with van der Waals surface area (Å²) in [7, 11) is 0. The lowest BCUT2D eigenvalue weighted by Gasteiger charge is -2.35. The van der Waals surface area contributed by atoms with Gasteiger partial charge in [-0.05, 0) is 42.6 Å². The lowest BCUT2D eigenvalue weighted by atomic mass is 9.71. The van der Waals surface area contributed by atoms with Crippen LogP contribution in [0.4, 0.5) is 0 Å². The van der Waals surface area contributed by atoms with Crippen LogP contribution in [0, 0.1) is 5.92 Å². The quantitative estimate of drug-likeness (QED) is 0.640. The van der Waals surface area contributed by atoms with Gasteiger partial charge in [-0.2, -0.15) is 0 Å². The number of thioether (sulfide) groups is 1. The Labute approximate surface area is 84.7 Å². The van der Waals surface area contributed by atoms with Gasteiger partial charge in [0.15, 0.2) is 0 Å². The highest BCUT2D eigenvalue weighted by molar-refractivity contribution is 7.98. The van der Waals surface area contributed by atoms with Gasteiger partial charge in [-0.3, -0.25) is 0 Å². The van der Waals surface area contributed by atoms with E-state index in [2.05, 4.69) is 37.4 Å². The van der Waals surface area contributed by atoms with Gasteiger partial charge in [0.05, 0.1) is 0 Å². The Morgan fingerprint density at radius 1 is 1.23 bits per heavy atom. The molecule has 0 heterocycles. The molecule has 13 heavy (non-hydrogen) atoms. The molecule has 1 fully saturated rings. The van der Waals surface area contributed by atoms with E-state index in [1.165, 1.54) is 17.7 Å². The molecule has 0 aromatic heterocycles. The monoisotopic (exact) mass is 192 g/mol. The van der Waals surface area contributed by atoms with Crippen molar-refractivity contribution in [2.24, 2.45) is 5.92 Å². The van der Waals surface area contributed by atoms with Crippen LogP contribution >= 0.6 is 11.8 Å². The van der Waals surface area contributed by atoms with Gasteiger partial charge in [0.2, 0.25) is 0 Å². The molecule has 0 radical (unpaired) electrons. The van der Waals surface area contributed by atoms with Gasteiger partial charge in [0, 0.05) is 4.90 Å². The maximum atomic E-state index is 2.37. The molecular weight excluding hydrogens is 176 g/mol. The zero-order chi connectivity index (χ0) is 9.26. The second-order valence-electron chi connectivity index (χ2n) is 3.90. The predicted molar refractivity (Wildman–Crippen MR) is 59.4 cm³/mol. The molecule has 0 saturated heterocycles. The van der Waals surface area contributed by atoms with Gasteiger partial charge in [-0.15, -0.1) is 11.8 Å². The molecule has 1 aromatic rings. The lowest BCUT2D eigenvalue weighted by molar-refractivity contribution is 0.277. The summed E-state index contributed by atoms with van der Waals surface area (Å²) >= 11 is 1.88. The van der Waals surface area contributed by atoms with Gasteiger partial charge >= 0.3 is 0 Å². The smallest absolute Gasteiger partial charge is 0.0104 e. The molecule has 2 unspecified atom stereocenters. The average Bonchev–Trinajstić information content (AvgIpc) is 2.16. The summed E-state index contributed by atoms with van der Waals surface area (Å²) in [5.74, 6) is 1.73. The maximum absolute atomic E-state index is 2.37. The topological polar surface area (TPSA) is 0 Å². The average molecular weight is 192 g/mol. The molecule has 0 bridgehead atoms. The van der Waals surface area contributed by atoms with Crippen molar-refractivity contribution in [3.05, 3.63) is 29.8 Å². The van der Waals surface area contributed by atoms with E-state index in [4.69, 9.17) is 0 Å². The van der Waals surface area contributed by atoms with Crippen LogP contribution in [-0.4, -0.2) is 6.26 Å². The first-order chi connectivity index (χ1) is 6.33. The minimum absolute atomic E-state index is 0.837. The van der Waals surface area contributed by atoms with Gasteiger partial charge in [-0.1, -0.05) is 25.1 Å². The normalized spacial score (nSPS) is 26.9. The fourth-order valence-corrected chi connectivity index (χ4v) is 2.77. The molecule has 2 atom stereocenters. The van der Waals surface area contributed by atoms with E-state index in [1.807, 2.05) is 11.8 Å². The van der Waals surface area contributed by atoms with Gasteiger partial charge in [0.1, 0.15) is 0 Å². The van der Waals surface area contributed by atoms with E-state index >= 15 is 0 Å².